The number of thioether (sulfide) groups is 1. The number of esters is 1. The van der Waals surface area contributed by atoms with Crippen molar-refractivity contribution in [2.24, 2.45) is 0 Å². The van der Waals surface area contributed by atoms with E-state index in [0.717, 1.165) is 5.69 Å². The van der Waals surface area contributed by atoms with Crippen molar-refractivity contribution in [1.29, 1.82) is 5.26 Å². The molecule has 0 saturated heterocycles. The molecule has 0 saturated carbocycles. The number of nitriles is 1. The second kappa shape index (κ2) is 14.4. The van der Waals surface area contributed by atoms with Gasteiger partial charge in [-0.1, -0.05) is 18.2 Å². The van der Waals surface area contributed by atoms with Crippen molar-refractivity contribution < 1.29 is 19.4 Å². The summed E-state index contributed by atoms with van der Waals surface area (Å²) >= 11 is 7.49. The number of nitrogens with zero attached hydrogens (tertiary/aromatic N) is 1. The molecule has 1 rings (SSSR count). The van der Waals surface area contributed by atoms with E-state index >= 15 is 0 Å². The number of phenolic OH excluding ortho intramolecular Hbond substituents is 1. The maximum Gasteiger partial charge on any atom is 0.348 e. The molecule has 0 heterocycles. The Kier molecular flexibility index (Phi) is 13.1. The third-order valence-electron chi connectivity index (χ3n) is 3.25. The van der Waals surface area contributed by atoms with E-state index in [2.05, 4.69) is 21.9 Å². The standard InChI is InChI=1S/C14H19ClN2O2S.C6H7NO2/c1-4-16-14(19)10(8-20-3)7-17-11-5-9(2)13(18)12(15)6-11;1-3-9-6(8)5(2)4-7/h5-7,17-18H,4,8H2,1-3H3,(H,16,19);2-3H2,1H3. The number of amides is 1. The Morgan fingerprint density at radius 1 is 1.41 bits per heavy atom. The molecule has 0 bridgehead atoms. The third-order valence-corrected chi connectivity index (χ3v) is 4.14. The van der Waals surface area contributed by atoms with E-state index in [1.54, 1.807) is 50.0 Å². The van der Waals surface area contributed by atoms with Crippen LogP contribution in [0.15, 0.2) is 36.1 Å². The molecule has 9 heteroatoms. The van der Waals surface area contributed by atoms with Gasteiger partial charge >= 0.3 is 5.97 Å². The number of aryl methyl sites for hydroxylation is 1. The molecule has 0 radical (unpaired) electrons. The molecule has 158 valence electrons. The van der Waals surface area contributed by atoms with Crippen molar-refractivity contribution in [1.82, 2.24) is 5.32 Å². The van der Waals surface area contributed by atoms with Crippen molar-refractivity contribution in [3.8, 4) is 11.8 Å². The zero-order chi connectivity index (χ0) is 22.4. The molecule has 0 aliphatic carbocycles. The Labute approximate surface area is 180 Å². The number of phenols is 1. The first kappa shape index (κ1) is 26.4. The predicted octanol–water partition coefficient (Wildman–Crippen LogP) is 3.78. The van der Waals surface area contributed by atoms with E-state index in [1.165, 1.54) is 0 Å². The molecular formula is C20H26ClN3O4S. The maximum absolute atomic E-state index is 11.8. The predicted molar refractivity (Wildman–Crippen MR) is 118 cm³/mol. The van der Waals surface area contributed by atoms with Crippen molar-refractivity contribution in [2.75, 3.05) is 30.5 Å². The highest BCUT2D eigenvalue weighted by Crippen LogP contribution is 2.30. The van der Waals surface area contributed by atoms with Gasteiger partial charge in [0.2, 0.25) is 5.91 Å². The molecule has 1 aromatic rings. The zero-order valence-corrected chi connectivity index (χ0v) is 18.5. The SMILES string of the molecule is C=C(C#N)C(=O)OCC.CCNC(=O)C(=CNc1cc(C)c(O)c(Cl)c1)CSC. The minimum absolute atomic E-state index is 0.0780. The Morgan fingerprint density at radius 2 is 2.07 bits per heavy atom. The number of hydrogen-bond donors (Lipinski definition) is 3. The summed E-state index contributed by atoms with van der Waals surface area (Å²) in [6.07, 6.45) is 3.61. The summed E-state index contributed by atoms with van der Waals surface area (Å²) < 4.78 is 4.43. The summed E-state index contributed by atoms with van der Waals surface area (Å²) in [6.45, 7) is 9.34. The third kappa shape index (κ3) is 9.92. The Balaban J connectivity index is 0.000000734. The average Bonchev–Trinajstić information content (AvgIpc) is 2.69. The van der Waals surface area contributed by atoms with Crippen molar-refractivity contribution >= 4 is 40.9 Å². The number of ether oxygens (including phenoxy) is 1. The smallest absolute Gasteiger partial charge is 0.348 e. The minimum Gasteiger partial charge on any atom is -0.506 e. The molecule has 0 fully saturated rings. The van der Waals surface area contributed by atoms with Gasteiger partial charge in [-0.05, 0) is 44.7 Å². The summed E-state index contributed by atoms with van der Waals surface area (Å²) in [5, 5.41) is 23.8. The topological polar surface area (TPSA) is 111 Å². The summed E-state index contributed by atoms with van der Waals surface area (Å²) in [7, 11) is 0. The van der Waals surface area contributed by atoms with Crippen molar-refractivity contribution in [3.63, 3.8) is 0 Å². The highest BCUT2D eigenvalue weighted by atomic mass is 35.5. The first-order valence-corrected chi connectivity index (χ1v) is 10.5. The zero-order valence-electron chi connectivity index (χ0n) is 17.0. The van der Waals surface area contributed by atoms with Crippen LogP contribution in [-0.2, 0) is 14.3 Å². The van der Waals surface area contributed by atoms with Gasteiger partial charge in [0.05, 0.1) is 11.6 Å². The quantitative estimate of drug-likeness (QED) is 0.244. The van der Waals surface area contributed by atoms with Gasteiger partial charge in [0.25, 0.3) is 0 Å². The second-order valence-electron chi connectivity index (χ2n) is 5.54. The van der Waals surface area contributed by atoms with Gasteiger partial charge < -0.3 is 20.5 Å². The van der Waals surface area contributed by atoms with Crippen LogP contribution in [0.3, 0.4) is 0 Å². The molecule has 0 atom stereocenters. The number of likely N-dealkylation sites (N-methyl/N-ethyl adjacent to an activating group) is 1. The lowest BCUT2D eigenvalue weighted by Crippen LogP contribution is -2.26. The number of carbonyl (C=O) groups excluding carboxylic acids is 2. The number of benzene rings is 1. The first-order valence-electron chi connectivity index (χ1n) is 8.69. The Hall–Kier alpha value is -2.63. The van der Waals surface area contributed by atoms with E-state index in [0.29, 0.717) is 23.4 Å². The molecular weight excluding hydrogens is 414 g/mol. The summed E-state index contributed by atoms with van der Waals surface area (Å²) in [6, 6.07) is 4.97. The van der Waals surface area contributed by atoms with Gasteiger partial charge in [-0.15, -0.1) is 0 Å². The highest BCUT2D eigenvalue weighted by molar-refractivity contribution is 7.98. The lowest BCUT2D eigenvalue weighted by molar-refractivity contribution is -0.138. The van der Waals surface area contributed by atoms with Crippen molar-refractivity contribution in [3.05, 3.63) is 46.6 Å². The van der Waals surface area contributed by atoms with Gasteiger partial charge in [0, 0.05) is 29.8 Å². The van der Waals surface area contributed by atoms with Crippen molar-refractivity contribution in [2.45, 2.75) is 20.8 Å². The molecule has 0 aliphatic heterocycles. The summed E-state index contributed by atoms with van der Waals surface area (Å²) in [5.41, 5.74) is 1.91. The van der Waals surface area contributed by atoms with Gasteiger partial charge in [-0.25, -0.2) is 4.79 Å². The second-order valence-corrected chi connectivity index (χ2v) is 6.81. The Morgan fingerprint density at radius 3 is 2.55 bits per heavy atom. The van der Waals surface area contributed by atoms with Crippen LogP contribution >= 0.6 is 23.4 Å². The highest BCUT2D eigenvalue weighted by Gasteiger charge is 2.08. The monoisotopic (exact) mass is 439 g/mol. The number of hydrogen-bond acceptors (Lipinski definition) is 7. The van der Waals surface area contributed by atoms with E-state index in [4.69, 9.17) is 16.9 Å². The molecule has 29 heavy (non-hydrogen) atoms. The van der Waals surface area contributed by atoms with E-state index in [-0.39, 0.29) is 28.9 Å². The van der Waals surface area contributed by atoms with Gasteiger partial charge in [0.15, 0.2) is 0 Å². The number of aromatic hydroxyl groups is 1. The van der Waals surface area contributed by atoms with Crippen LogP contribution in [0.5, 0.6) is 5.75 Å². The number of carbonyl (C=O) groups is 2. The first-order chi connectivity index (χ1) is 13.7. The molecule has 3 N–H and O–H groups in total. The van der Waals surface area contributed by atoms with E-state index in [9.17, 15) is 14.7 Å². The number of rotatable bonds is 8. The maximum atomic E-state index is 11.8. The number of halogens is 1. The van der Waals surface area contributed by atoms with E-state index in [1.807, 2.05) is 13.2 Å². The fourth-order valence-electron chi connectivity index (χ4n) is 1.86. The fraction of sp³-hybridized carbons (Fsp3) is 0.350. The van der Waals surface area contributed by atoms with Crippen LogP contribution in [0.2, 0.25) is 5.02 Å². The largest absolute Gasteiger partial charge is 0.506 e. The normalized spacial score (nSPS) is 10.1. The fourth-order valence-corrected chi connectivity index (χ4v) is 2.65. The van der Waals surface area contributed by atoms with Crippen LogP contribution in [0.1, 0.15) is 19.4 Å². The molecule has 0 unspecified atom stereocenters. The van der Waals surface area contributed by atoms with Crippen LogP contribution in [0.25, 0.3) is 0 Å². The van der Waals surface area contributed by atoms with Crippen LogP contribution in [0.4, 0.5) is 5.69 Å². The summed E-state index contributed by atoms with van der Waals surface area (Å²) in [4.78, 5) is 22.3. The lowest BCUT2D eigenvalue weighted by Gasteiger charge is -2.09. The van der Waals surface area contributed by atoms with Gasteiger partial charge in [0.1, 0.15) is 17.4 Å². The van der Waals surface area contributed by atoms with Crippen LogP contribution < -0.4 is 10.6 Å². The Bertz CT molecular complexity index is 780. The lowest BCUT2D eigenvalue weighted by atomic mass is 10.2. The molecule has 1 aromatic carbocycles. The summed E-state index contributed by atoms with van der Waals surface area (Å²) in [5.74, 6) is -0.0332. The molecule has 0 aromatic heterocycles. The van der Waals surface area contributed by atoms with Gasteiger partial charge in [-0.3, -0.25) is 4.79 Å². The average molecular weight is 440 g/mol. The minimum atomic E-state index is -0.639. The van der Waals surface area contributed by atoms with Crippen LogP contribution in [0, 0.1) is 18.3 Å². The molecule has 1 amide bonds. The molecule has 0 aliphatic rings. The van der Waals surface area contributed by atoms with Gasteiger partial charge in [-0.2, -0.15) is 17.0 Å². The van der Waals surface area contributed by atoms with Crippen LogP contribution in [-0.4, -0.2) is 42.1 Å². The molecule has 7 nitrogen and oxygen atoms in total. The number of nitrogens with one attached hydrogen (secondary N) is 2. The number of anilines is 1. The molecule has 0 spiro atoms. The van der Waals surface area contributed by atoms with E-state index < -0.39 is 5.97 Å².